The van der Waals surface area contributed by atoms with Gasteiger partial charge in [-0.25, -0.2) is 0 Å². The minimum absolute atomic E-state index is 0.207. The number of hydrogen-bond acceptors (Lipinski definition) is 7. The molecule has 1 saturated carbocycles. The molecule has 0 radical (unpaired) electrons. The summed E-state index contributed by atoms with van der Waals surface area (Å²) in [4.78, 5) is 11.3. The highest BCUT2D eigenvalue weighted by Gasteiger charge is 2.34. The second-order valence-electron chi connectivity index (χ2n) is 5.85. The van der Waals surface area contributed by atoms with E-state index in [9.17, 15) is 0 Å². The minimum Gasteiger partial charge on any atom is -0.339 e. The van der Waals surface area contributed by atoms with Crippen molar-refractivity contribution in [3.63, 3.8) is 0 Å². The van der Waals surface area contributed by atoms with Crippen LogP contribution in [0.2, 0.25) is 0 Å². The summed E-state index contributed by atoms with van der Waals surface area (Å²) in [6.45, 7) is 3.68. The predicted molar refractivity (Wildman–Crippen MR) is 72.3 cm³/mol. The van der Waals surface area contributed by atoms with Crippen LogP contribution in [-0.4, -0.2) is 31.7 Å². The summed E-state index contributed by atoms with van der Waals surface area (Å²) < 4.78 is 10.7. The first kappa shape index (κ1) is 12.9. The van der Waals surface area contributed by atoms with E-state index in [1.807, 2.05) is 6.92 Å². The Morgan fingerprint density at radius 3 is 2.81 bits per heavy atom. The lowest BCUT2D eigenvalue weighted by Crippen LogP contribution is -2.23. The molecule has 0 amide bonds. The lowest BCUT2D eigenvalue weighted by molar-refractivity contribution is 0.202. The SMILES string of the molecule is CCc1noc(CN2CCC[C@@H]2c2noc(C3CC3)n2)n1. The molecule has 1 aliphatic heterocycles. The van der Waals surface area contributed by atoms with E-state index in [1.165, 1.54) is 12.8 Å². The Morgan fingerprint density at radius 2 is 2.05 bits per heavy atom. The van der Waals surface area contributed by atoms with Gasteiger partial charge in [0.1, 0.15) is 0 Å². The number of nitrogens with zero attached hydrogens (tertiary/aromatic N) is 5. The number of aromatic nitrogens is 4. The first-order valence-corrected chi connectivity index (χ1v) is 7.72. The van der Waals surface area contributed by atoms with Crippen molar-refractivity contribution in [2.24, 2.45) is 0 Å². The molecule has 2 fully saturated rings. The van der Waals surface area contributed by atoms with Crippen LogP contribution in [0.5, 0.6) is 0 Å². The highest BCUT2D eigenvalue weighted by atomic mass is 16.5. The molecule has 112 valence electrons. The van der Waals surface area contributed by atoms with Crippen LogP contribution in [-0.2, 0) is 13.0 Å². The first-order valence-electron chi connectivity index (χ1n) is 7.72. The molecular formula is C14H19N5O2. The summed E-state index contributed by atoms with van der Waals surface area (Å²) in [5.41, 5.74) is 0. The van der Waals surface area contributed by atoms with Gasteiger partial charge in [-0.1, -0.05) is 17.2 Å². The molecule has 2 aliphatic rings. The van der Waals surface area contributed by atoms with Crippen molar-refractivity contribution in [2.75, 3.05) is 6.54 Å². The molecule has 7 nitrogen and oxygen atoms in total. The van der Waals surface area contributed by atoms with Crippen LogP contribution >= 0.6 is 0 Å². The third-order valence-electron chi connectivity index (χ3n) is 4.21. The first-order chi connectivity index (χ1) is 10.3. The minimum atomic E-state index is 0.207. The van der Waals surface area contributed by atoms with Crippen LogP contribution in [0.4, 0.5) is 0 Å². The molecule has 1 saturated heterocycles. The molecular weight excluding hydrogens is 270 g/mol. The molecule has 0 N–H and O–H groups in total. The van der Waals surface area contributed by atoms with Gasteiger partial charge in [0, 0.05) is 12.3 Å². The van der Waals surface area contributed by atoms with Crippen molar-refractivity contribution in [1.82, 2.24) is 25.2 Å². The van der Waals surface area contributed by atoms with Crippen LogP contribution in [0.15, 0.2) is 9.05 Å². The fraction of sp³-hybridized carbons (Fsp3) is 0.714. The summed E-state index contributed by atoms with van der Waals surface area (Å²) >= 11 is 0. The average Bonchev–Trinajstić information content (AvgIpc) is 2.95. The smallest absolute Gasteiger partial charge is 0.240 e. The lowest BCUT2D eigenvalue weighted by atomic mass is 10.2. The Bertz CT molecular complexity index is 618. The molecule has 2 aromatic heterocycles. The van der Waals surface area contributed by atoms with Gasteiger partial charge in [-0.05, 0) is 32.2 Å². The third-order valence-corrected chi connectivity index (χ3v) is 4.21. The van der Waals surface area contributed by atoms with E-state index in [0.29, 0.717) is 18.4 Å². The summed E-state index contributed by atoms with van der Waals surface area (Å²) in [5.74, 6) is 3.55. The van der Waals surface area contributed by atoms with E-state index < -0.39 is 0 Å². The van der Waals surface area contributed by atoms with Gasteiger partial charge in [0.25, 0.3) is 0 Å². The quantitative estimate of drug-likeness (QED) is 0.834. The second kappa shape index (κ2) is 5.22. The Kier molecular flexibility index (Phi) is 3.21. The molecule has 2 aromatic rings. The Morgan fingerprint density at radius 1 is 1.14 bits per heavy atom. The van der Waals surface area contributed by atoms with Crippen molar-refractivity contribution in [3.8, 4) is 0 Å². The van der Waals surface area contributed by atoms with Crippen LogP contribution in [0.25, 0.3) is 0 Å². The van der Waals surface area contributed by atoms with Gasteiger partial charge in [0.2, 0.25) is 11.8 Å². The number of rotatable bonds is 5. The zero-order chi connectivity index (χ0) is 14.2. The predicted octanol–water partition coefficient (Wildman–Crippen LogP) is 2.23. The molecule has 7 heteroatoms. The average molecular weight is 289 g/mol. The van der Waals surface area contributed by atoms with E-state index in [-0.39, 0.29) is 6.04 Å². The Balaban J connectivity index is 1.48. The second-order valence-corrected chi connectivity index (χ2v) is 5.85. The van der Waals surface area contributed by atoms with Gasteiger partial charge in [-0.15, -0.1) is 0 Å². The monoisotopic (exact) mass is 289 g/mol. The van der Waals surface area contributed by atoms with Crippen molar-refractivity contribution in [2.45, 2.75) is 57.5 Å². The zero-order valence-corrected chi connectivity index (χ0v) is 12.2. The van der Waals surface area contributed by atoms with E-state index in [0.717, 1.165) is 43.3 Å². The highest BCUT2D eigenvalue weighted by molar-refractivity contribution is 5.05. The summed E-state index contributed by atoms with van der Waals surface area (Å²) in [5, 5.41) is 8.13. The topological polar surface area (TPSA) is 81.1 Å². The fourth-order valence-electron chi connectivity index (χ4n) is 2.86. The molecule has 1 atom stereocenters. The Hall–Kier alpha value is -1.76. The summed E-state index contributed by atoms with van der Waals surface area (Å²) in [6, 6.07) is 0.207. The zero-order valence-electron chi connectivity index (χ0n) is 12.2. The van der Waals surface area contributed by atoms with Gasteiger partial charge in [0.05, 0.1) is 12.6 Å². The normalized spacial score (nSPS) is 23.0. The standard InChI is InChI=1S/C14H19N5O2/c1-2-11-15-12(20-17-11)8-19-7-3-4-10(19)13-16-14(21-18-13)9-5-6-9/h9-10H,2-8H2,1H3/t10-/m1/s1. The summed E-state index contributed by atoms with van der Waals surface area (Å²) in [7, 11) is 0. The molecule has 3 heterocycles. The molecule has 1 aliphatic carbocycles. The van der Waals surface area contributed by atoms with Crippen molar-refractivity contribution >= 4 is 0 Å². The lowest BCUT2D eigenvalue weighted by Gasteiger charge is -2.19. The van der Waals surface area contributed by atoms with E-state index >= 15 is 0 Å². The third kappa shape index (κ3) is 2.57. The van der Waals surface area contributed by atoms with Gasteiger partial charge in [-0.3, -0.25) is 4.90 Å². The van der Waals surface area contributed by atoms with Crippen molar-refractivity contribution in [1.29, 1.82) is 0 Å². The van der Waals surface area contributed by atoms with E-state index in [2.05, 4.69) is 25.2 Å². The van der Waals surface area contributed by atoms with Gasteiger partial charge in [-0.2, -0.15) is 9.97 Å². The molecule has 21 heavy (non-hydrogen) atoms. The largest absolute Gasteiger partial charge is 0.339 e. The van der Waals surface area contributed by atoms with E-state index in [1.54, 1.807) is 0 Å². The molecule has 0 aromatic carbocycles. The maximum atomic E-state index is 5.38. The van der Waals surface area contributed by atoms with Crippen molar-refractivity contribution in [3.05, 3.63) is 23.4 Å². The molecule has 0 spiro atoms. The van der Waals surface area contributed by atoms with Gasteiger partial charge < -0.3 is 9.05 Å². The van der Waals surface area contributed by atoms with Crippen LogP contribution in [0, 0.1) is 0 Å². The van der Waals surface area contributed by atoms with E-state index in [4.69, 9.17) is 9.05 Å². The van der Waals surface area contributed by atoms with Crippen LogP contribution in [0.1, 0.15) is 68.0 Å². The molecule has 0 bridgehead atoms. The maximum Gasteiger partial charge on any atom is 0.240 e. The maximum absolute atomic E-state index is 5.38. The number of aryl methyl sites for hydroxylation is 1. The summed E-state index contributed by atoms with van der Waals surface area (Å²) in [6.07, 6.45) is 5.34. The van der Waals surface area contributed by atoms with Gasteiger partial charge >= 0.3 is 0 Å². The Labute approximate surface area is 122 Å². The van der Waals surface area contributed by atoms with Crippen molar-refractivity contribution < 1.29 is 9.05 Å². The number of hydrogen-bond donors (Lipinski definition) is 0. The molecule has 4 rings (SSSR count). The van der Waals surface area contributed by atoms with Crippen LogP contribution < -0.4 is 0 Å². The van der Waals surface area contributed by atoms with Gasteiger partial charge in [0.15, 0.2) is 11.6 Å². The van der Waals surface area contributed by atoms with Crippen LogP contribution in [0.3, 0.4) is 0 Å². The number of likely N-dealkylation sites (tertiary alicyclic amines) is 1. The fourth-order valence-corrected chi connectivity index (χ4v) is 2.86. The highest BCUT2D eigenvalue weighted by Crippen LogP contribution is 2.40. The molecule has 0 unspecified atom stereocenters.